The first-order valence-electron chi connectivity index (χ1n) is 2.08. The molecular weight excluding hydrogens is 95.1 g/mol. The molecule has 0 spiro atoms. The molecule has 0 rings (SSSR count). The summed E-state index contributed by atoms with van der Waals surface area (Å²) >= 11 is 0. The molecular formula is C4H9FN2. The molecule has 0 saturated carbocycles. The summed E-state index contributed by atoms with van der Waals surface area (Å²) in [6.45, 7) is 1.74. The lowest BCUT2D eigenvalue weighted by atomic mass is 10.4. The zero-order valence-corrected chi connectivity index (χ0v) is 4.24. The van der Waals surface area contributed by atoms with Gasteiger partial charge in [0.1, 0.15) is 0 Å². The van der Waals surface area contributed by atoms with Crippen LogP contribution in [0.2, 0.25) is 0 Å². The van der Waals surface area contributed by atoms with Crippen LogP contribution in [0.1, 0.15) is 13.3 Å². The van der Waals surface area contributed by atoms with E-state index in [0.717, 1.165) is 0 Å². The molecule has 0 heterocycles. The maximum absolute atomic E-state index is 11.6. The number of halogens is 1. The Labute approximate surface area is 42.0 Å². The summed E-state index contributed by atoms with van der Waals surface area (Å²) in [7, 11) is 0. The molecule has 0 bridgehead atoms. The van der Waals surface area contributed by atoms with Crippen molar-refractivity contribution in [3.8, 4) is 0 Å². The van der Waals surface area contributed by atoms with Crippen molar-refractivity contribution in [2.75, 3.05) is 0 Å². The normalized spacial score (nSPS) is 13.4. The molecule has 0 aromatic heterocycles. The Balaban J connectivity index is 3.72. The SMILES string of the molecule is CC/C(N)=C(/N)F. The minimum Gasteiger partial charge on any atom is -0.398 e. The third-order valence-corrected chi connectivity index (χ3v) is 0.688. The lowest BCUT2D eigenvalue weighted by molar-refractivity contribution is 0.605. The van der Waals surface area contributed by atoms with Gasteiger partial charge in [0.25, 0.3) is 0 Å². The maximum Gasteiger partial charge on any atom is 0.203 e. The highest BCUT2D eigenvalue weighted by molar-refractivity contribution is 4.97. The monoisotopic (exact) mass is 104 g/mol. The summed E-state index contributed by atoms with van der Waals surface area (Å²) in [5, 5.41) is 0. The molecule has 0 aromatic carbocycles. The molecule has 0 aliphatic rings. The van der Waals surface area contributed by atoms with Gasteiger partial charge in [0.2, 0.25) is 5.95 Å². The van der Waals surface area contributed by atoms with Crippen molar-refractivity contribution < 1.29 is 4.39 Å². The van der Waals surface area contributed by atoms with E-state index in [9.17, 15) is 4.39 Å². The fourth-order valence-electron chi connectivity index (χ4n) is 0.169. The van der Waals surface area contributed by atoms with E-state index in [0.29, 0.717) is 6.42 Å². The van der Waals surface area contributed by atoms with Crippen LogP contribution in [-0.2, 0) is 0 Å². The van der Waals surface area contributed by atoms with Gasteiger partial charge < -0.3 is 11.5 Å². The van der Waals surface area contributed by atoms with Gasteiger partial charge in [0.15, 0.2) is 0 Å². The summed E-state index contributed by atoms with van der Waals surface area (Å²) in [5.74, 6) is -0.762. The van der Waals surface area contributed by atoms with Crippen molar-refractivity contribution in [2.45, 2.75) is 13.3 Å². The van der Waals surface area contributed by atoms with Crippen LogP contribution in [0.15, 0.2) is 11.6 Å². The van der Waals surface area contributed by atoms with E-state index in [1.54, 1.807) is 6.92 Å². The standard InChI is InChI=1S/C4H9FN2/c1-2-3(6)4(5)7/h2,6-7H2,1H3/b4-3-. The van der Waals surface area contributed by atoms with Crippen LogP contribution in [0.5, 0.6) is 0 Å². The molecule has 7 heavy (non-hydrogen) atoms. The van der Waals surface area contributed by atoms with Gasteiger partial charge in [-0.1, -0.05) is 6.92 Å². The Morgan fingerprint density at radius 2 is 2.00 bits per heavy atom. The zero-order valence-electron chi connectivity index (χ0n) is 4.24. The zero-order chi connectivity index (χ0) is 5.86. The largest absolute Gasteiger partial charge is 0.398 e. The van der Waals surface area contributed by atoms with Crippen LogP contribution in [0.25, 0.3) is 0 Å². The summed E-state index contributed by atoms with van der Waals surface area (Å²) in [6.07, 6.45) is 0.475. The van der Waals surface area contributed by atoms with Gasteiger partial charge in [-0.25, -0.2) is 0 Å². The summed E-state index contributed by atoms with van der Waals surface area (Å²) in [4.78, 5) is 0. The highest BCUT2D eigenvalue weighted by Gasteiger charge is 1.89. The van der Waals surface area contributed by atoms with Crippen molar-refractivity contribution in [2.24, 2.45) is 11.5 Å². The van der Waals surface area contributed by atoms with E-state index in [1.165, 1.54) is 0 Å². The highest BCUT2D eigenvalue weighted by Crippen LogP contribution is 1.94. The molecule has 3 heteroatoms. The molecule has 0 fully saturated rings. The minimum absolute atomic E-state index is 0.125. The fraction of sp³-hybridized carbons (Fsp3) is 0.500. The van der Waals surface area contributed by atoms with Crippen LogP contribution in [0, 0.1) is 0 Å². The quantitative estimate of drug-likeness (QED) is 0.474. The topological polar surface area (TPSA) is 52.0 Å². The first kappa shape index (κ1) is 6.27. The molecule has 0 aliphatic heterocycles. The Bertz CT molecular complexity index is 83.7. The number of allylic oxidation sites excluding steroid dienone is 1. The highest BCUT2D eigenvalue weighted by atomic mass is 19.1. The van der Waals surface area contributed by atoms with Gasteiger partial charge in [-0.15, -0.1) is 0 Å². The van der Waals surface area contributed by atoms with Gasteiger partial charge in [-0.3, -0.25) is 0 Å². The van der Waals surface area contributed by atoms with Crippen molar-refractivity contribution in [1.82, 2.24) is 0 Å². The van der Waals surface area contributed by atoms with Gasteiger partial charge in [0, 0.05) is 0 Å². The lowest BCUT2D eigenvalue weighted by Crippen LogP contribution is -2.03. The Hall–Kier alpha value is -0.730. The molecule has 0 saturated heterocycles. The summed E-state index contributed by atoms with van der Waals surface area (Å²) in [6, 6.07) is 0. The van der Waals surface area contributed by atoms with E-state index >= 15 is 0 Å². The van der Waals surface area contributed by atoms with E-state index in [-0.39, 0.29) is 5.70 Å². The molecule has 0 aromatic rings. The average molecular weight is 104 g/mol. The van der Waals surface area contributed by atoms with Crippen molar-refractivity contribution in [3.63, 3.8) is 0 Å². The maximum atomic E-state index is 11.6. The third kappa shape index (κ3) is 2.03. The Kier molecular flexibility index (Phi) is 2.19. The summed E-state index contributed by atoms with van der Waals surface area (Å²) in [5.41, 5.74) is 9.75. The summed E-state index contributed by atoms with van der Waals surface area (Å²) < 4.78 is 11.6. The van der Waals surface area contributed by atoms with Crippen molar-refractivity contribution in [3.05, 3.63) is 11.6 Å². The number of hydrogen-bond donors (Lipinski definition) is 2. The van der Waals surface area contributed by atoms with Crippen LogP contribution < -0.4 is 11.5 Å². The van der Waals surface area contributed by atoms with Crippen LogP contribution in [0.4, 0.5) is 4.39 Å². The smallest absolute Gasteiger partial charge is 0.203 e. The van der Waals surface area contributed by atoms with Crippen LogP contribution >= 0.6 is 0 Å². The third-order valence-electron chi connectivity index (χ3n) is 0.688. The van der Waals surface area contributed by atoms with E-state index in [4.69, 9.17) is 5.73 Å². The van der Waals surface area contributed by atoms with E-state index < -0.39 is 5.95 Å². The molecule has 42 valence electrons. The second kappa shape index (κ2) is 2.44. The van der Waals surface area contributed by atoms with Gasteiger partial charge >= 0.3 is 0 Å². The molecule has 0 atom stereocenters. The van der Waals surface area contributed by atoms with Crippen LogP contribution in [-0.4, -0.2) is 0 Å². The molecule has 0 aliphatic carbocycles. The van der Waals surface area contributed by atoms with Crippen molar-refractivity contribution in [1.29, 1.82) is 0 Å². The number of rotatable bonds is 1. The molecule has 2 nitrogen and oxygen atoms in total. The first-order chi connectivity index (χ1) is 3.18. The average Bonchev–Trinajstić information content (AvgIpc) is 1.65. The van der Waals surface area contributed by atoms with Crippen LogP contribution in [0.3, 0.4) is 0 Å². The van der Waals surface area contributed by atoms with Crippen molar-refractivity contribution >= 4 is 0 Å². The number of hydrogen-bond acceptors (Lipinski definition) is 2. The molecule has 4 N–H and O–H groups in total. The first-order valence-corrected chi connectivity index (χ1v) is 2.08. The lowest BCUT2D eigenvalue weighted by Gasteiger charge is -1.91. The molecule has 0 amide bonds. The number of nitrogens with two attached hydrogens (primary N) is 2. The van der Waals surface area contributed by atoms with Gasteiger partial charge in [0.05, 0.1) is 5.70 Å². The fourth-order valence-corrected chi connectivity index (χ4v) is 0.169. The second-order valence-electron chi connectivity index (χ2n) is 1.23. The molecule has 0 unspecified atom stereocenters. The van der Waals surface area contributed by atoms with E-state index in [1.807, 2.05) is 0 Å². The second-order valence-corrected chi connectivity index (χ2v) is 1.23. The Morgan fingerprint density at radius 1 is 1.57 bits per heavy atom. The van der Waals surface area contributed by atoms with Gasteiger partial charge in [-0.05, 0) is 6.42 Å². The molecule has 0 radical (unpaired) electrons. The predicted octanol–water partition coefficient (Wildman–Crippen LogP) is 0.452. The Morgan fingerprint density at radius 3 is 2.00 bits per heavy atom. The minimum atomic E-state index is -0.762. The predicted molar refractivity (Wildman–Crippen MR) is 26.8 cm³/mol. The van der Waals surface area contributed by atoms with E-state index in [2.05, 4.69) is 5.73 Å². The van der Waals surface area contributed by atoms with Gasteiger partial charge in [-0.2, -0.15) is 4.39 Å².